The molecule has 2 unspecified atom stereocenters. The van der Waals surface area contributed by atoms with Gasteiger partial charge in [0.2, 0.25) is 11.8 Å². The Balaban J connectivity index is 1.31. The molecule has 202 valence electrons. The van der Waals surface area contributed by atoms with Crippen molar-refractivity contribution in [3.05, 3.63) is 58.7 Å². The first-order chi connectivity index (χ1) is 17.8. The topological polar surface area (TPSA) is 116 Å². The van der Waals surface area contributed by atoms with Crippen LogP contribution in [0.25, 0.3) is 0 Å². The monoisotopic (exact) mass is 531 g/mol. The molecule has 9 nitrogen and oxygen atoms in total. The van der Waals surface area contributed by atoms with Crippen LogP contribution >= 0.6 is 0 Å². The van der Waals surface area contributed by atoms with Crippen molar-refractivity contribution < 1.29 is 32.7 Å². The van der Waals surface area contributed by atoms with Crippen molar-refractivity contribution >= 4 is 17.7 Å². The maximum Gasteiger partial charge on any atom is 0.433 e. The highest BCUT2D eigenvalue weighted by molar-refractivity contribution is 6.05. The summed E-state index contributed by atoms with van der Waals surface area (Å²) in [6, 6.07) is 4.90. The molecule has 0 aliphatic carbocycles. The minimum absolute atomic E-state index is 0.109. The van der Waals surface area contributed by atoms with Crippen LogP contribution in [-0.2, 0) is 34.5 Å². The normalized spacial score (nSPS) is 25.9. The average molecular weight is 532 g/mol. The summed E-state index contributed by atoms with van der Waals surface area (Å²) in [6.07, 6.45) is -2.54. The molecule has 2 N–H and O–H groups in total. The number of likely N-dealkylation sites (tertiary alicyclic amines) is 1. The number of aliphatic hydroxyl groups is 1. The number of alkyl halides is 3. The molecule has 3 aliphatic heterocycles. The summed E-state index contributed by atoms with van der Waals surface area (Å²) in [5.41, 5.74) is -1.03. The third-order valence-electron chi connectivity index (χ3n) is 7.85. The Hall–Kier alpha value is -3.38. The zero-order valence-corrected chi connectivity index (χ0v) is 21.0. The largest absolute Gasteiger partial charge is 0.433 e. The maximum absolute atomic E-state index is 13.0. The van der Waals surface area contributed by atoms with Crippen LogP contribution in [-0.4, -0.2) is 61.7 Å². The van der Waals surface area contributed by atoms with Gasteiger partial charge in [-0.1, -0.05) is 19.9 Å². The lowest BCUT2D eigenvalue weighted by Crippen LogP contribution is -2.55. The van der Waals surface area contributed by atoms with E-state index in [-0.39, 0.29) is 31.2 Å². The van der Waals surface area contributed by atoms with Crippen molar-refractivity contribution in [3.63, 3.8) is 0 Å². The lowest BCUT2D eigenvalue weighted by molar-refractivity contribution is -0.141. The molecule has 0 bridgehead atoms. The molecule has 0 aromatic carbocycles. The van der Waals surface area contributed by atoms with Crippen molar-refractivity contribution in [2.45, 2.75) is 64.0 Å². The van der Waals surface area contributed by atoms with Gasteiger partial charge in [0.25, 0.3) is 5.91 Å². The van der Waals surface area contributed by atoms with E-state index < -0.39 is 34.8 Å². The summed E-state index contributed by atoms with van der Waals surface area (Å²) in [5, 5.41) is 14.1. The number of fused-ring (bicyclic) bond motifs is 1. The van der Waals surface area contributed by atoms with Crippen LogP contribution in [0.4, 0.5) is 13.2 Å². The smallest absolute Gasteiger partial charge is 0.383 e. The fraction of sp³-hybridized carbons (Fsp3) is 0.500. The molecule has 3 amide bonds. The number of hydrogen-bond donors (Lipinski definition) is 2. The quantitative estimate of drug-likeness (QED) is 0.582. The summed E-state index contributed by atoms with van der Waals surface area (Å²) in [4.78, 5) is 48.5. The molecule has 2 fully saturated rings. The lowest BCUT2D eigenvalue weighted by Gasteiger charge is -2.50. The first-order valence-corrected chi connectivity index (χ1v) is 12.4. The van der Waals surface area contributed by atoms with Crippen LogP contribution in [0, 0.1) is 5.41 Å². The van der Waals surface area contributed by atoms with E-state index in [4.69, 9.17) is 0 Å². The first kappa shape index (κ1) is 26.2. The van der Waals surface area contributed by atoms with Crippen LogP contribution in [0.5, 0.6) is 0 Å². The second-order valence-electron chi connectivity index (χ2n) is 10.8. The second kappa shape index (κ2) is 9.12. The summed E-state index contributed by atoms with van der Waals surface area (Å²) >= 11 is 0. The third-order valence-corrected chi connectivity index (χ3v) is 7.85. The number of pyridine rings is 2. The van der Waals surface area contributed by atoms with Gasteiger partial charge in [0.1, 0.15) is 17.3 Å². The number of amides is 3. The molecular formula is C26H28F3N5O4. The van der Waals surface area contributed by atoms with E-state index in [1.54, 1.807) is 12.1 Å². The fourth-order valence-electron chi connectivity index (χ4n) is 5.65. The SMILES string of the molecule is CC1(C)CN(Cc2ccc(C(F)(F)F)nc2)CCC1(O)c1ccc2c(n1)CN(C1CCC(=O)NC1=O)C2=O. The molecular weight excluding hydrogens is 503 g/mol. The molecule has 38 heavy (non-hydrogen) atoms. The zero-order valence-electron chi connectivity index (χ0n) is 21.0. The van der Waals surface area contributed by atoms with Gasteiger partial charge >= 0.3 is 6.18 Å². The van der Waals surface area contributed by atoms with Gasteiger partial charge in [-0.2, -0.15) is 13.2 Å². The van der Waals surface area contributed by atoms with E-state index in [1.807, 2.05) is 13.8 Å². The van der Waals surface area contributed by atoms with Gasteiger partial charge in [-0.25, -0.2) is 0 Å². The lowest BCUT2D eigenvalue weighted by atomic mass is 9.68. The number of hydrogen-bond acceptors (Lipinski definition) is 7. The van der Waals surface area contributed by atoms with E-state index in [2.05, 4.69) is 20.2 Å². The first-order valence-electron chi connectivity index (χ1n) is 12.4. The molecule has 2 saturated heterocycles. The predicted octanol–water partition coefficient (Wildman–Crippen LogP) is 2.38. The van der Waals surface area contributed by atoms with Gasteiger partial charge < -0.3 is 10.0 Å². The van der Waals surface area contributed by atoms with Gasteiger partial charge in [-0.3, -0.25) is 34.6 Å². The molecule has 5 rings (SSSR count). The number of halogens is 3. The number of imide groups is 1. The number of carbonyl (C=O) groups excluding carboxylic acids is 3. The van der Waals surface area contributed by atoms with Crippen molar-refractivity contribution in [2.24, 2.45) is 5.41 Å². The van der Waals surface area contributed by atoms with Crippen LogP contribution < -0.4 is 5.32 Å². The Morgan fingerprint density at radius 2 is 1.92 bits per heavy atom. The van der Waals surface area contributed by atoms with Crippen molar-refractivity contribution in [1.82, 2.24) is 25.1 Å². The number of rotatable bonds is 4. The predicted molar refractivity (Wildman–Crippen MR) is 127 cm³/mol. The number of carbonyl (C=O) groups is 3. The van der Waals surface area contributed by atoms with Gasteiger partial charge in [0.05, 0.1) is 23.5 Å². The standard InChI is InChI=1S/C26H28F3N5O4/c1-24(2)14-33(12-15-3-6-20(30-11-15)26(27,28)29)10-9-25(24,38)19-7-4-16-17(31-19)13-34(23(16)37)18-5-8-21(35)32-22(18)36/h3-4,6-7,11,18,38H,5,8-10,12-14H2,1-2H3,(H,32,35,36). The third kappa shape index (κ3) is 4.55. The van der Waals surface area contributed by atoms with Gasteiger partial charge in [-0.05, 0) is 36.6 Å². The van der Waals surface area contributed by atoms with E-state index in [0.717, 1.165) is 6.07 Å². The molecule has 3 aliphatic rings. The molecule has 0 spiro atoms. The highest BCUT2D eigenvalue weighted by Gasteiger charge is 2.50. The molecule has 2 atom stereocenters. The van der Waals surface area contributed by atoms with Crippen molar-refractivity contribution in [3.8, 4) is 0 Å². The van der Waals surface area contributed by atoms with E-state index in [9.17, 15) is 32.7 Å². The highest BCUT2D eigenvalue weighted by atomic mass is 19.4. The molecule has 0 saturated carbocycles. The maximum atomic E-state index is 13.0. The summed E-state index contributed by atoms with van der Waals surface area (Å²) in [6.45, 7) is 5.22. The van der Waals surface area contributed by atoms with Crippen LogP contribution in [0.2, 0.25) is 0 Å². The Bertz CT molecular complexity index is 1300. The number of piperidine rings is 2. The second-order valence-corrected chi connectivity index (χ2v) is 10.8. The molecule has 0 radical (unpaired) electrons. The summed E-state index contributed by atoms with van der Waals surface area (Å²) in [5.74, 6) is -1.20. The van der Waals surface area contributed by atoms with Gasteiger partial charge in [0, 0.05) is 37.7 Å². The highest BCUT2D eigenvalue weighted by Crippen LogP contribution is 2.46. The van der Waals surface area contributed by atoms with Crippen LogP contribution in [0.3, 0.4) is 0 Å². The average Bonchev–Trinajstić information content (AvgIpc) is 3.16. The Labute approximate surface area is 217 Å². The molecule has 5 heterocycles. The number of nitrogens with zero attached hydrogens (tertiary/aromatic N) is 4. The summed E-state index contributed by atoms with van der Waals surface area (Å²) < 4.78 is 38.5. The minimum atomic E-state index is -4.49. The van der Waals surface area contributed by atoms with E-state index in [1.165, 1.54) is 17.2 Å². The number of aromatic nitrogens is 2. The van der Waals surface area contributed by atoms with Crippen molar-refractivity contribution in [2.75, 3.05) is 13.1 Å². The molecule has 2 aromatic rings. The fourth-order valence-corrected chi connectivity index (χ4v) is 5.65. The van der Waals surface area contributed by atoms with E-state index in [0.29, 0.717) is 48.6 Å². The Morgan fingerprint density at radius 1 is 1.16 bits per heavy atom. The van der Waals surface area contributed by atoms with E-state index >= 15 is 0 Å². The Kier molecular flexibility index (Phi) is 6.30. The minimum Gasteiger partial charge on any atom is -0.383 e. The Morgan fingerprint density at radius 3 is 2.55 bits per heavy atom. The van der Waals surface area contributed by atoms with Crippen molar-refractivity contribution in [1.29, 1.82) is 0 Å². The number of nitrogens with one attached hydrogen (secondary N) is 1. The van der Waals surface area contributed by atoms with Gasteiger partial charge in [0.15, 0.2) is 0 Å². The zero-order chi connectivity index (χ0) is 27.5. The van der Waals surface area contributed by atoms with Crippen LogP contribution in [0.15, 0.2) is 30.5 Å². The summed E-state index contributed by atoms with van der Waals surface area (Å²) in [7, 11) is 0. The molecule has 12 heteroatoms. The van der Waals surface area contributed by atoms with Gasteiger partial charge in [-0.15, -0.1) is 0 Å². The van der Waals surface area contributed by atoms with Crippen LogP contribution in [0.1, 0.15) is 66.1 Å². The molecule has 2 aromatic heterocycles.